The first kappa shape index (κ1) is 14.6. The van der Waals surface area contributed by atoms with Gasteiger partial charge in [0.15, 0.2) is 5.82 Å². The molecule has 0 spiro atoms. The highest BCUT2D eigenvalue weighted by Crippen LogP contribution is 2.32. The summed E-state index contributed by atoms with van der Waals surface area (Å²) in [5, 5.41) is 27.3. The molecule has 0 atom stereocenters. The molecule has 7 heteroatoms. The molecule has 2 aromatic carbocycles. The lowest BCUT2D eigenvalue weighted by Gasteiger charge is -2.10. The molecule has 1 aromatic heterocycles. The topological polar surface area (TPSA) is 114 Å². The minimum absolute atomic E-state index is 0.0451. The Labute approximate surface area is 131 Å². The zero-order chi connectivity index (χ0) is 16.6. The number of amides is 1. The van der Waals surface area contributed by atoms with Gasteiger partial charge in [0, 0.05) is 11.8 Å². The highest BCUT2D eigenvalue weighted by atomic mass is 16.3. The van der Waals surface area contributed by atoms with E-state index < -0.39 is 5.91 Å². The number of hydrogen-bond acceptors (Lipinski definition) is 5. The second kappa shape index (κ2) is 5.45. The van der Waals surface area contributed by atoms with Crippen LogP contribution in [0, 0.1) is 6.92 Å². The molecule has 116 valence electrons. The number of aromatic nitrogens is 3. The zero-order valence-corrected chi connectivity index (χ0v) is 12.3. The number of carbonyl (C=O) groups is 1. The number of phenolic OH excluding ortho intramolecular Hbond substituents is 2. The number of aryl methyl sites for hydroxylation is 1. The highest BCUT2D eigenvalue weighted by Gasteiger charge is 2.21. The summed E-state index contributed by atoms with van der Waals surface area (Å²) in [6, 6.07) is 11.4. The van der Waals surface area contributed by atoms with Gasteiger partial charge in [0.2, 0.25) is 5.82 Å². The summed E-state index contributed by atoms with van der Waals surface area (Å²) in [7, 11) is 0. The number of benzene rings is 2. The number of hydrogen-bond donors (Lipinski definition) is 3. The van der Waals surface area contributed by atoms with Crippen molar-refractivity contribution < 1.29 is 15.0 Å². The largest absolute Gasteiger partial charge is 0.508 e. The molecule has 1 amide bonds. The minimum Gasteiger partial charge on any atom is -0.508 e. The number of aromatic hydroxyl groups is 2. The average Bonchev–Trinajstić information content (AvgIpc) is 2.93. The van der Waals surface area contributed by atoms with Gasteiger partial charge in [0.25, 0.3) is 5.91 Å². The quantitative estimate of drug-likeness (QED) is 0.682. The van der Waals surface area contributed by atoms with E-state index in [9.17, 15) is 15.0 Å². The second-order valence-corrected chi connectivity index (χ2v) is 5.08. The normalized spacial score (nSPS) is 10.7. The van der Waals surface area contributed by atoms with E-state index in [2.05, 4.69) is 10.2 Å². The fraction of sp³-hybridized carbons (Fsp3) is 0.0625. The maximum absolute atomic E-state index is 11.6. The van der Waals surface area contributed by atoms with E-state index in [1.165, 1.54) is 22.8 Å². The molecule has 4 N–H and O–H groups in total. The van der Waals surface area contributed by atoms with E-state index in [4.69, 9.17) is 5.73 Å². The van der Waals surface area contributed by atoms with Gasteiger partial charge in [-0.05, 0) is 31.2 Å². The SMILES string of the molecule is Cc1ccc(-n2c(C(N)=O)nnc2-c2ccc(O)cc2O)cc1. The average molecular weight is 310 g/mol. The van der Waals surface area contributed by atoms with Crippen LogP contribution in [0.2, 0.25) is 0 Å². The van der Waals surface area contributed by atoms with Crippen LogP contribution in [0.15, 0.2) is 42.5 Å². The van der Waals surface area contributed by atoms with Gasteiger partial charge < -0.3 is 15.9 Å². The first-order valence-corrected chi connectivity index (χ1v) is 6.82. The maximum atomic E-state index is 11.6. The van der Waals surface area contributed by atoms with Crippen molar-refractivity contribution in [1.82, 2.24) is 14.8 Å². The standard InChI is InChI=1S/C16H14N4O3/c1-9-2-4-10(5-3-9)20-15(18-19-16(20)14(17)23)12-7-6-11(21)8-13(12)22/h2-8,21-22H,1H3,(H2,17,23). The van der Waals surface area contributed by atoms with E-state index in [1.54, 1.807) is 12.1 Å². The number of phenols is 2. The molecule has 0 aliphatic heterocycles. The lowest BCUT2D eigenvalue weighted by Crippen LogP contribution is -2.17. The molecule has 0 saturated carbocycles. The molecule has 7 nitrogen and oxygen atoms in total. The van der Waals surface area contributed by atoms with Gasteiger partial charge in [-0.25, -0.2) is 0 Å². The third kappa shape index (κ3) is 2.59. The Balaban J connectivity index is 2.26. The van der Waals surface area contributed by atoms with Gasteiger partial charge in [-0.1, -0.05) is 17.7 Å². The van der Waals surface area contributed by atoms with Gasteiger partial charge in [-0.2, -0.15) is 0 Å². The number of carbonyl (C=O) groups excluding carboxylic acids is 1. The first-order valence-electron chi connectivity index (χ1n) is 6.82. The summed E-state index contributed by atoms with van der Waals surface area (Å²) in [4.78, 5) is 11.6. The third-order valence-corrected chi connectivity index (χ3v) is 3.40. The summed E-state index contributed by atoms with van der Waals surface area (Å²) in [5.74, 6) is -0.788. The highest BCUT2D eigenvalue weighted by molar-refractivity contribution is 5.90. The monoisotopic (exact) mass is 310 g/mol. The fourth-order valence-electron chi connectivity index (χ4n) is 2.27. The Bertz CT molecular complexity index is 885. The van der Waals surface area contributed by atoms with Gasteiger partial charge >= 0.3 is 0 Å². The number of rotatable bonds is 3. The predicted molar refractivity (Wildman–Crippen MR) is 83.4 cm³/mol. The fourth-order valence-corrected chi connectivity index (χ4v) is 2.27. The molecule has 0 unspecified atom stereocenters. The minimum atomic E-state index is -0.734. The lowest BCUT2D eigenvalue weighted by atomic mass is 10.1. The van der Waals surface area contributed by atoms with E-state index in [0.29, 0.717) is 11.3 Å². The van der Waals surface area contributed by atoms with Crippen LogP contribution in [-0.2, 0) is 0 Å². The Hall–Kier alpha value is -3.35. The van der Waals surface area contributed by atoms with Crippen LogP contribution in [0.3, 0.4) is 0 Å². The van der Waals surface area contributed by atoms with E-state index in [-0.39, 0.29) is 23.1 Å². The van der Waals surface area contributed by atoms with Crippen LogP contribution >= 0.6 is 0 Å². The van der Waals surface area contributed by atoms with Crippen LogP contribution in [0.5, 0.6) is 11.5 Å². The van der Waals surface area contributed by atoms with Crippen LogP contribution in [0.25, 0.3) is 17.1 Å². The Morgan fingerprint density at radius 3 is 2.39 bits per heavy atom. The Morgan fingerprint density at radius 1 is 1.09 bits per heavy atom. The molecule has 0 saturated heterocycles. The molecule has 0 aliphatic carbocycles. The summed E-state index contributed by atoms with van der Waals surface area (Å²) >= 11 is 0. The van der Waals surface area contributed by atoms with Crippen molar-refractivity contribution in [3.05, 3.63) is 53.9 Å². The van der Waals surface area contributed by atoms with Gasteiger partial charge in [-0.3, -0.25) is 9.36 Å². The summed E-state index contributed by atoms with van der Waals surface area (Å²) in [6.45, 7) is 1.94. The van der Waals surface area contributed by atoms with Crippen molar-refractivity contribution in [2.75, 3.05) is 0 Å². The van der Waals surface area contributed by atoms with Gasteiger partial charge in [0.05, 0.1) is 5.56 Å². The van der Waals surface area contributed by atoms with Crippen molar-refractivity contribution >= 4 is 5.91 Å². The van der Waals surface area contributed by atoms with Crippen LogP contribution in [0.4, 0.5) is 0 Å². The third-order valence-electron chi connectivity index (χ3n) is 3.40. The number of nitrogens with zero attached hydrogens (tertiary/aromatic N) is 3. The van der Waals surface area contributed by atoms with Crippen molar-refractivity contribution in [3.63, 3.8) is 0 Å². The Kier molecular flexibility index (Phi) is 3.46. The first-order chi connectivity index (χ1) is 11.0. The summed E-state index contributed by atoms with van der Waals surface area (Å²) in [5.41, 5.74) is 7.38. The van der Waals surface area contributed by atoms with Crippen molar-refractivity contribution in [3.8, 4) is 28.6 Å². The predicted octanol–water partition coefficient (Wildman–Crippen LogP) is 1.75. The van der Waals surface area contributed by atoms with Crippen molar-refractivity contribution in [2.45, 2.75) is 6.92 Å². The molecule has 23 heavy (non-hydrogen) atoms. The van der Waals surface area contributed by atoms with Gasteiger partial charge in [-0.15, -0.1) is 10.2 Å². The molecule has 0 fully saturated rings. The van der Waals surface area contributed by atoms with Crippen LogP contribution in [-0.4, -0.2) is 30.9 Å². The maximum Gasteiger partial charge on any atom is 0.287 e. The van der Waals surface area contributed by atoms with E-state index in [0.717, 1.165) is 5.56 Å². The van der Waals surface area contributed by atoms with Crippen LogP contribution < -0.4 is 5.73 Å². The molecule has 3 aromatic rings. The second-order valence-electron chi connectivity index (χ2n) is 5.08. The number of nitrogens with two attached hydrogens (primary N) is 1. The van der Waals surface area contributed by atoms with Crippen molar-refractivity contribution in [2.24, 2.45) is 5.73 Å². The Morgan fingerprint density at radius 2 is 1.78 bits per heavy atom. The zero-order valence-electron chi connectivity index (χ0n) is 12.3. The smallest absolute Gasteiger partial charge is 0.287 e. The molecule has 3 rings (SSSR count). The molecule has 0 aliphatic rings. The van der Waals surface area contributed by atoms with Crippen LogP contribution in [0.1, 0.15) is 16.2 Å². The number of primary amides is 1. The molecule has 1 heterocycles. The van der Waals surface area contributed by atoms with E-state index >= 15 is 0 Å². The van der Waals surface area contributed by atoms with Crippen molar-refractivity contribution in [1.29, 1.82) is 0 Å². The summed E-state index contributed by atoms with van der Waals surface area (Å²) < 4.78 is 1.47. The van der Waals surface area contributed by atoms with Gasteiger partial charge in [0.1, 0.15) is 11.5 Å². The molecule has 0 bridgehead atoms. The molecule has 0 radical (unpaired) electrons. The lowest BCUT2D eigenvalue weighted by molar-refractivity contribution is 0.0988. The summed E-state index contributed by atoms with van der Waals surface area (Å²) in [6.07, 6.45) is 0. The molecular weight excluding hydrogens is 296 g/mol. The van der Waals surface area contributed by atoms with E-state index in [1.807, 2.05) is 19.1 Å². The molecular formula is C16H14N4O3.